The van der Waals surface area contributed by atoms with Gasteiger partial charge in [-0.3, -0.25) is 14.4 Å². The Balaban J connectivity index is 0.00000220. The third-order valence-corrected chi connectivity index (χ3v) is 2.96. The number of nitrogens with one attached hydrogen (secondary N) is 1. The van der Waals surface area contributed by atoms with Gasteiger partial charge in [-0.05, 0) is 0 Å². The molecule has 8 nitrogen and oxygen atoms in total. The van der Waals surface area contributed by atoms with E-state index in [1.165, 1.54) is 0 Å². The van der Waals surface area contributed by atoms with Gasteiger partial charge >= 0.3 is 0 Å². The number of aliphatic imine (C=N–C) groups is 1. The summed E-state index contributed by atoms with van der Waals surface area (Å²) in [7, 11) is 7.52. The second-order valence-corrected chi connectivity index (χ2v) is 4.58. The van der Waals surface area contributed by atoms with Crippen molar-refractivity contribution >= 4 is 29.9 Å². The molecule has 0 spiro atoms. The average molecular weight is 404 g/mol. The van der Waals surface area contributed by atoms with Crippen LogP contribution in [0.2, 0.25) is 0 Å². The Morgan fingerprint density at radius 3 is 2.67 bits per heavy atom. The van der Waals surface area contributed by atoms with Crippen molar-refractivity contribution in [3.63, 3.8) is 0 Å². The molecule has 2 aromatic heterocycles. The second-order valence-electron chi connectivity index (χ2n) is 4.58. The van der Waals surface area contributed by atoms with E-state index in [1.54, 1.807) is 22.7 Å². The van der Waals surface area contributed by atoms with Crippen molar-refractivity contribution in [2.24, 2.45) is 19.1 Å². The molecule has 0 aliphatic carbocycles. The molecular formula is C12H21IN8. The van der Waals surface area contributed by atoms with Crippen LogP contribution in [0, 0.1) is 0 Å². The molecule has 2 heterocycles. The van der Waals surface area contributed by atoms with E-state index < -0.39 is 0 Å². The van der Waals surface area contributed by atoms with Crippen LogP contribution in [-0.4, -0.2) is 49.5 Å². The highest BCUT2D eigenvalue weighted by Crippen LogP contribution is 2.01. The van der Waals surface area contributed by atoms with E-state index in [1.807, 2.05) is 38.4 Å². The highest BCUT2D eigenvalue weighted by molar-refractivity contribution is 14.0. The lowest BCUT2D eigenvalue weighted by Crippen LogP contribution is -2.38. The molecule has 0 aliphatic rings. The fraction of sp³-hybridized carbons (Fsp3) is 0.500. The van der Waals surface area contributed by atoms with Gasteiger partial charge in [0, 0.05) is 46.5 Å². The van der Waals surface area contributed by atoms with Crippen LogP contribution in [0.1, 0.15) is 11.4 Å². The zero-order chi connectivity index (χ0) is 14.5. The Labute approximate surface area is 141 Å². The van der Waals surface area contributed by atoms with E-state index >= 15 is 0 Å². The van der Waals surface area contributed by atoms with Gasteiger partial charge in [-0.1, -0.05) is 0 Å². The van der Waals surface area contributed by atoms with E-state index in [2.05, 4.69) is 25.5 Å². The van der Waals surface area contributed by atoms with Crippen molar-refractivity contribution < 1.29 is 0 Å². The maximum Gasteiger partial charge on any atom is 0.194 e. The summed E-state index contributed by atoms with van der Waals surface area (Å²) in [6, 6.07) is 0. The maximum absolute atomic E-state index is 4.27. The van der Waals surface area contributed by atoms with Gasteiger partial charge in [-0.2, -0.15) is 10.2 Å². The highest BCUT2D eigenvalue weighted by atomic mass is 127. The van der Waals surface area contributed by atoms with Crippen LogP contribution in [0.3, 0.4) is 0 Å². The zero-order valence-corrected chi connectivity index (χ0v) is 15.0. The molecule has 0 bridgehead atoms. The van der Waals surface area contributed by atoms with E-state index in [4.69, 9.17) is 0 Å². The minimum Gasteiger partial charge on any atom is -0.349 e. The summed E-state index contributed by atoms with van der Waals surface area (Å²) in [6.45, 7) is 1.33. The van der Waals surface area contributed by atoms with Crippen LogP contribution in [-0.2, 0) is 27.2 Å². The fourth-order valence-corrected chi connectivity index (χ4v) is 1.93. The SMILES string of the molecule is CN=C(NCc1ncnn1C)N(C)Cc1cnn(C)c1.I. The summed E-state index contributed by atoms with van der Waals surface area (Å²) in [5.74, 6) is 1.66. The summed E-state index contributed by atoms with van der Waals surface area (Å²) in [5.41, 5.74) is 1.14. The summed E-state index contributed by atoms with van der Waals surface area (Å²) < 4.78 is 3.53. The van der Waals surface area contributed by atoms with Crippen molar-refractivity contribution in [1.82, 2.24) is 34.8 Å². The Hall–Kier alpha value is -1.65. The summed E-state index contributed by atoms with van der Waals surface area (Å²) >= 11 is 0. The first-order valence-electron chi connectivity index (χ1n) is 6.32. The van der Waals surface area contributed by atoms with Gasteiger partial charge in [-0.25, -0.2) is 4.98 Å². The Morgan fingerprint density at radius 1 is 1.38 bits per heavy atom. The van der Waals surface area contributed by atoms with Crippen molar-refractivity contribution in [2.45, 2.75) is 13.1 Å². The van der Waals surface area contributed by atoms with Crippen molar-refractivity contribution in [3.05, 3.63) is 30.1 Å². The van der Waals surface area contributed by atoms with Gasteiger partial charge in [0.2, 0.25) is 0 Å². The van der Waals surface area contributed by atoms with Gasteiger partial charge < -0.3 is 10.2 Å². The molecule has 0 saturated carbocycles. The van der Waals surface area contributed by atoms with Crippen LogP contribution in [0.5, 0.6) is 0 Å². The number of rotatable bonds is 4. The number of aromatic nitrogens is 5. The maximum atomic E-state index is 4.27. The average Bonchev–Trinajstić information content (AvgIpc) is 3.00. The van der Waals surface area contributed by atoms with Crippen LogP contribution >= 0.6 is 24.0 Å². The molecule has 116 valence electrons. The number of halogens is 1. The fourth-order valence-electron chi connectivity index (χ4n) is 1.93. The number of hydrogen-bond donors (Lipinski definition) is 1. The second kappa shape index (κ2) is 7.96. The molecule has 0 unspecified atom stereocenters. The normalized spacial score (nSPS) is 11.1. The molecule has 0 fully saturated rings. The smallest absolute Gasteiger partial charge is 0.194 e. The third-order valence-electron chi connectivity index (χ3n) is 2.96. The molecule has 2 aromatic rings. The van der Waals surface area contributed by atoms with Gasteiger partial charge in [0.15, 0.2) is 5.96 Å². The van der Waals surface area contributed by atoms with Gasteiger partial charge in [0.05, 0.1) is 12.7 Å². The van der Waals surface area contributed by atoms with Gasteiger partial charge in [-0.15, -0.1) is 24.0 Å². The van der Waals surface area contributed by atoms with Crippen LogP contribution in [0.15, 0.2) is 23.7 Å². The summed E-state index contributed by atoms with van der Waals surface area (Å²) in [4.78, 5) is 10.5. The molecule has 9 heteroatoms. The molecule has 0 amide bonds. The Morgan fingerprint density at radius 2 is 2.14 bits per heavy atom. The van der Waals surface area contributed by atoms with Gasteiger partial charge in [0.1, 0.15) is 12.2 Å². The Kier molecular flexibility index (Phi) is 6.59. The lowest BCUT2D eigenvalue weighted by molar-refractivity contribution is 0.473. The zero-order valence-electron chi connectivity index (χ0n) is 12.7. The first-order chi connectivity index (χ1) is 9.60. The molecule has 0 radical (unpaired) electrons. The van der Waals surface area contributed by atoms with Crippen LogP contribution in [0.25, 0.3) is 0 Å². The quantitative estimate of drug-likeness (QED) is 0.453. The molecule has 0 aliphatic heterocycles. The predicted octanol–water partition coefficient (Wildman–Crippen LogP) is 0.374. The number of nitrogens with zero attached hydrogens (tertiary/aromatic N) is 7. The molecular weight excluding hydrogens is 383 g/mol. The van der Waals surface area contributed by atoms with Crippen LogP contribution in [0.4, 0.5) is 0 Å². The highest BCUT2D eigenvalue weighted by Gasteiger charge is 2.09. The third kappa shape index (κ3) is 4.69. The number of aryl methyl sites for hydroxylation is 2. The van der Waals surface area contributed by atoms with Gasteiger partial charge in [0.25, 0.3) is 0 Å². The molecule has 1 N–H and O–H groups in total. The lowest BCUT2D eigenvalue weighted by Gasteiger charge is -2.21. The Bertz CT molecular complexity index is 588. The number of guanidine groups is 1. The predicted molar refractivity (Wildman–Crippen MR) is 91.3 cm³/mol. The summed E-state index contributed by atoms with van der Waals surface area (Å²) in [6.07, 6.45) is 5.39. The summed E-state index contributed by atoms with van der Waals surface area (Å²) in [5, 5.41) is 11.5. The van der Waals surface area contributed by atoms with E-state index in [0.717, 1.165) is 23.9 Å². The largest absolute Gasteiger partial charge is 0.349 e. The van der Waals surface area contributed by atoms with E-state index in [0.29, 0.717) is 6.54 Å². The first-order valence-corrected chi connectivity index (χ1v) is 6.32. The number of hydrogen-bond acceptors (Lipinski definition) is 4. The van der Waals surface area contributed by atoms with E-state index in [-0.39, 0.29) is 24.0 Å². The minimum absolute atomic E-state index is 0. The van der Waals surface area contributed by atoms with Crippen LogP contribution < -0.4 is 5.32 Å². The van der Waals surface area contributed by atoms with Crippen molar-refractivity contribution in [2.75, 3.05) is 14.1 Å². The molecule has 0 atom stereocenters. The topological polar surface area (TPSA) is 76.2 Å². The molecule has 21 heavy (non-hydrogen) atoms. The molecule has 0 saturated heterocycles. The molecule has 2 rings (SSSR count). The monoisotopic (exact) mass is 404 g/mol. The lowest BCUT2D eigenvalue weighted by atomic mass is 10.3. The molecule has 0 aromatic carbocycles. The first kappa shape index (κ1) is 17.4. The minimum atomic E-state index is 0. The standard InChI is InChI=1S/C12H20N8.HI/c1-13-12(14-6-11-15-9-17-20(11)4)18(2)7-10-5-16-19(3)8-10;/h5,8-9H,6-7H2,1-4H3,(H,13,14);1H. The van der Waals surface area contributed by atoms with Crippen molar-refractivity contribution in [1.29, 1.82) is 0 Å². The van der Waals surface area contributed by atoms with E-state index in [9.17, 15) is 0 Å². The van der Waals surface area contributed by atoms with Crippen molar-refractivity contribution in [3.8, 4) is 0 Å².